The van der Waals surface area contributed by atoms with E-state index in [1.807, 2.05) is 6.07 Å². The number of ether oxygens (including phenoxy) is 1. The lowest BCUT2D eigenvalue weighted by atomic mass is 9.82. The second kappa shape index (κ2) is 10.3. The van der Waals surface area contributed by atoms with E-state index in [0.29, 0.717) is 36.8 Å². The number of fused-ring (bicyclic) bond motifs is 1. The molecule has 5 rings (SSSR count). The number of hydrogen-bond acceptors (Lipinski definition) is 6. The maximum Gasteiger partial charge on any atom is 0.416 e. The quantitative estimate of drug-likeness (QED) is 0.272. The minimum Gasteiger partial charge on any atom is -0.399 e. The molecule has 0 radical (unpaired) electrons. The van der Waals surface area contributed by atoms with Gasteiger partial charge >= 0.3 is 11.9 Å². The number of carbonyl (C=O) groups excluding carboxylic acids is 1. The average molecular weight is 556 g/mol. The Labute approximate surface area is 229 Å². The fourth-order valence-corrected chi connectivity index (χ4v) is 5.62. The monoisotopic (exact) mass is 555 g/mol. The number of amides is 1. The van der Waals surface area contributed by atoms with Crippen molar-refractivity contribution in [2.75, 3.05) is 31.2 Å². The molecule has 1 amide bonds. The maximum atomic E-state index is 13.5. The number of benzene rings is 2. The molecule has 1 saturated heterocycles. The molecule has 1 aliphatic carbocycles. The topological polar surface area (TPSA) is 113 Å². The Hall–Kier alpha value is -3.86. The number of methoxy groups -OCH3 is 1. The van der Waals surface area contributed by atoms with E-state index in [9.17, 15) is 22.8 Å². The van der Waals surface area contributed by atoms with Gasteiger partial charge in [0.25, 0.3) is 0 Å². The molecule has 3 aromatic rings. The molecule has 8 nitrogen and oxygen atoms in total. The van der Waals surface area contributed by atoms with Crippen LogP contribution >= 0.6 is 0 Å². The van der Waals surface area contributed by atoms with Crippen molar-refractivity contribution >= 4 is 28.3 Å². The predicted molar refractivity (Wildman–Crippen MR) is 147 cm³/mol. The van der Waals surface area contributed by atoms with Crippen LogP contribution < -0.4 is 16.7 Å². The number of likely N-dealkylation sites (tertiary alicyclic amines) is 1. The number of alkyl halides is 3. The van der Waals surface area contributed by atoms with Gasteiger partial charge in [-0.1, -0.05) is 12.1 Å². The van der Waals surface area contributed by atoms with Gasteiger partial charge in [-0.3, -0.25) is 4.79 Å². The number of hydrogen-bond donors (Lipinski definition) is 3. The number of aromatic nitrogens is 2. The zero-order chi connectivity index (χ0) is 28.8. The number of carbonyl (C=O) groups is 1. The molecule has 0 unspecified atom stereocenters. The van der Waals surface area contributed by atoms with E-state index in [1.165, 1.54) is 12.1 Å². The van der Waals surface area contributed by atoms with Crippen LogP contribution in [0.2, 0.25) is 0 Å². The molecular weight excluding hydrogens is 523 g/mol. The van der Waals surface area contributed by atoms with Crippen LogP contribution in [0.15, 0.2) is 47.8 Å². The highest BCUT2D eigenvalue weighted by molar-refractivity contribution is 5.92. The van der Waals surface area contributed by atoms with Gasteiger partial charge in [0.15, 0.2) is 0 Å². The molecule has 212 valence electrons. The number of halogens is 3. The van der Waals surface area contributed by atoms with Gasteiger partial charge in [0.2, 0.25) is 5.91 Å². The van der Waals surface area contributed by atoms with Gasteiger partial charge in [0.05, 0.1) is 22.7 Å². The number of rotatable bonds is 7. The third kappa shape index (κ3) is 5.30. The van der Waals surface area contributed by atoms with Crippen molar-refractivity contribution in [1.82, 2.24) is 14.9 Å². The third-order valence-corrected chi connectivity index (χ3v) is 8.01. The minimum atomic E-state index is -4.58. The smallest absolute Gasteiger partial charge is 0.399 e. The normalized spacial score (nSPS) is 18.0. The lowest BCUT2D eigenvalue weighted by Gasteiger charge is -2.41. The minimum absolute atomic E-state index is 0.0147. The number of nitrogens with one attached hydrogen (secondary N) is 2. The number of anilines is 2. The average Bonchev–Trinajstić information content (AvgIpc) is 3.75. The first-order valence-corrected chi connectivity index (χ1v) is 13.2. The highest BCUT2D eigenvalue weighted by Gasteiger charge is 2.39. The standard InChI is InChI=1S/C29H32F3N5O3/c1-4-24(18-11-20(29(30,31)32)13-21(33)12-18)34-26-23-15-19(28(40-3)7-9-37(10-8-28)16(2)38)14-22(17-5-6-17)25(23)35-27(39)36-26/h4,11-15,17,24H,1,5-10,33H2,2-3H3,(H2,34,35,36,39)/t24-/m1/s1. The predicted octanol–water partition coefficient (Wildman–Crippen LogP) is 5.22. The molecule has 0 bridgehead atoms. The zero-order valence-corrected chi connectivity index (χ0v) is 22.4. The Morgan fingerprint density at radius 1 is 1.25 bits per heavy atom. The third-order valence-electron chi connectivity index (χ3n) is 8.01. The van der Waals surface area contributed by atoms with Gasteiger partial charge < -0.3 is 25.7 Å². The van der Waals surface area contributed by atoms with Gasteiger partial charge in [0, 0.05) is 38.2 Å². The van der Waals surface area contributed by atoms with Crippen molar-refractivity contribution in [2.45, 2.75) is 56.3 Å². The summed E-state index contributed by atoms with van der Waals surface area (Å²) in [4.78, 5) is 33.5. The first-order chi connectivity index (χ1) is 18.9. The van der Waals surface area contributed by atoms with Gasteiger partial charge in [-0.05, 0) is 72.6 Å². The first-order valence-electron chi connectivity index (χ1n) is 13.2. The summed E-state index contributed by atoms with van der Waals surface area (Å²) >= 11 is 0. The summed E-state index contributed by atoms with van der Waals surface area (Å²) in [7, 11) is 1.65. The van der Waals surface area contributed by atoms with E-state index >= 15 is 0 Å². The maximum absolute atomic E-state index is 13.5. The summed E-state index contributed by atoms with van der Waals surface area (Å²) in [5.74, 6) is 0.495. The summed E-state index contributed by atoms with van der Waals surface area (Å²) < 4.78 is 46.6. The zero-order valence-electron chi connectivity index (χ0n) is 22.4. The van der Waals surface area contributed by atoms with Crippen LogP contribution in [0, 0.1) is 0 Å². The van der Waals surface area contributed by atoms with Crippen LogP contribution in [0.1, 0.15) is 66.8 Å². The van der Waals surface area contributed by atoms with Gasteiger partial charge in [-0.25, -0.2) is 4.79 Å². The summed E-state index contributed by atoms with van der Waals surface area (Å²) in [6, 6.07) is 6.50. The molecule has 1 atom stereocenters. The van der Waals surface area contributed by atoms with Crippen LogP contribution in [0.3, 0.4) is 0 Å². The molecule has 4 N–H and O–H groups in total. The summed E-state index contributed by atoms with van der Waals surface area (Å²) in [5, 5.41) is 3.76. The van der Waals surface area contributed by atoms with E-state index in [0.717, 1.165) is 36.1 Å². The van der Waals surface area contributed by atoms with Crippen LogP contribution in [-0.2, 0) is 21.3 Å². The van der Waals surface area contributed by atoms with Crippen molar-refractivity contribution in [3.63, 3.8) is 0 Å². The second-order valence-electron chi connectivity index (χ2n) is 10.6. The Kier molecular flexibility index (Phi) is 7.11. The Balaban J connectivity index is 1.61. The Morgan fingerprint density at radius 3 is 2.52 bits per heavy atom. The number of nitrogens with two attached hydrogens (primary N) is 1. The van der Waals surface area contributed by atoms with Crippen molar-refractivity contribution in [3.8, 4) is 0 Å². The second-order valence-corrected chi connectivity index (χ2v) is 10.6. The Bertz CT molecular complexity index is 1520. The highest BCUT2D eigenvalue weighted by Crippen LogP contribution is 2.47. The van der Waals surface area contributed by atoms with Gasteiger partial charge in [0.1, 0.15) is 5.82 Å². The van der Waals surface area contributed by atoms with E-state index < -0.39 is 29.1 Å². The van der Waals surface area contributed by atoms with Crippen LogP contribution in [0.4, 0.5) is 24.7 Å². The fraction of sp³-hybridized carbons (Fsp3) is 0.414. The van der Waals surface area contributed by atoms with Crippen LogP contribution in [0.25, 0.3) is 10.9 Å². The van der Waals surface area contributed by atoms with Gasteiger partial charge in [-0.15, -0.1) is 6.58 Å². The molecule has 1 aliphatic heterocycles. The molecule has 2 heterocycles. The SMILES string of the molecule is C=C[C@@H](Nc1nc(=O)[nH]c2c(C3CC3)cc(C3(OC)CCN(C(C)=O)CC3)cc12)c1cc(N)cc(C(F)(F)F)c1. The number of piperidine rings is 1. The lowest BCUT2D eigenvalue weighted by molar-refractivity contribution is -0.137. The lowest BCUT2D eigenvalue weighted by Crippen LogP contribution is -2.45. The number of nitrogens with zero attached hydrogens (tertiary/aromatic N) is 2. The molecule has 2 aromatic carbocycles. The molecular formula is C29H32F3N5O3. The largest absolute Gasteiger partial charge is 0.416 e. The number of nitrogen functional groups attached to an aromatic ring is 1. The number of H-pyrrole nitrogens is 1. The molecule has 11 heteroatoms. The molecule has 40 heavy (non-hydrogen) atoms. The Morgan fingerprint density at radius 2 is 1.95 bits per heavy atom. The van der Waals surface area contributed by atoms with E-state index in [4.69, 9.17) is 10.5 Å². The number of aromatic amines is 1. The molecule has 1 aromatic heterocycles. The van der Waals surface area contributed by atoms with E-state index in [-0.39, 0.29) is 28.9 Å². The van der Waals surface area contributed by atoms with Crippen molar-refractivity contribution < 1.29 is 22.7 Å². The molecule has 0 spiro atoms. The summed E-state index contributed by atoms with van der Waals surface area (Å²) in [6.45, 7) is 6.44. The highest BCUT2D eigenvalue weighted by atomic mass is 19.4. The van der Waals surface area contributed by atoms with Crippen LogP contribution in [0.5, 0.6) is 0 Å². The summed E-state index contributed by atoms with van der Waals surface area (Å²) in [5.41, 5.74) is 6.41. The molecule has 2 aliphatic rings. The van der Waals surface area contributed by atoms with Crippen molar-refractivity contribution in [1.29, 1.82) is 0 Å². The van der Waals surface area contributed by atoms with E-state index in [1.54, 1.807) is 18.9 Å². The first kappa shape index (κ1) is 27.7. The fourth-order valence-electron chi connectivity index (χ4n) is 5.62. The molecule has 2 fully saturated rings. The van der Waals surface area contributed by atoms with Crippen molar-refractivity contribution in [3.05, 3.63) is 75.7 Å². The van der Waals surface area contributed by atoms with E-state index in [2.05, 4.69) is 27.9 Å². The molecule has 1 saturated carbocycles. The van der Waals surface area contributed by atoms with Crippen molar-refractivity contribution in [2.24, 2.45) is 0 Å². The van der Waals surface area contributed by atoms with Crippen LogP contribution in [-0.4, -0.2) is 41.0 Å². The van der Waals surface area contributed by atoms with Gasteiger partial charge in [-0.2, -0.15) is 18.2 Å². The summed E-state index contributed by atoms with van der Waals surface area (Å²) in [6.07, 6.45) is 0.00773.